The molecule has 0 bridgehead atoms. The molecule has 4 aromatic rings. The molecule has 4 aromatic carbocycles. The predicted molar refractivity (Wildman–Crippen MR) is 175 cm³/mol. The van der Waals surface area contributed by atoms with Gasteiger partial charge in [0.05, 0.1) is 9.79 Å². The van der Waals surface area contributed by atoms with E-state index in [-0.39, 0.29) is 15.4 Å². The lowest BCUT2D eigenvalue weighted by molar-refractivity contribution is 0.0944. The standard InChI is InChI=1S/C34H32O6S4/c1-21-10-15-24(16-11-21)43(37,38)33(3,4)31(35)23-14-19-27-29(20-23)41-28-9-7-8-26(30(28)42-27)32(36)34(5,6)44(39,40)25-17-12-22(2)13-18-25/h7-20H,1-6H3. The highest BCUT2D eigenvalue weighted by molar-refractivity contribution is 8.05. The second-order valence-electron chi connectivity index (χ2n) is 11.8. The number of fused-ring (bicyclic) bond motifs is 2. The molecule has 1 heterocycles. The van der Waals surface area contributed by atoms with Crippen molar-refractivity contribution < 1.29 is 26.4 Å². The second kappa shape index (κ2) is 11.3. The number of carbonyl (C=O) groups is 2. The molecule has 6 nitrogen and oxygen atoms in total. The molecule has 1 aliphatic heterocycles. The molecule has 0 radical (unpaired) electrons. The summed E-state index contributed by atoms with van der Waals surface area (Å²) in [5.74, 6) is -1.04. The highest BCUT2D eigenvalue weighted by atomic mass is 32.2. The van der Waals surface area contributed by atoms with Crippen molar-refractivity contribution in [1.29, 1.82) is 0 Å². The highest BCUT2D eigenvalue weighted by Gasteiger charge is 2.45. The Morgan fingerprint density at radius 2 is 1.07 bits per heavy atom. The van der Waals surface area contributed by atoms with Crippen LogP contribution in [0, 0.1) is 13.8 Å². The number of rotatable bonds is 8. The molecule has 228 valence electrons. The maximum absolute atomic E-state index is 13.9. The Labute approximate surface area is 267 Å². The van der Waals surface area contributed by atoms with Crippen LogP contribution in [0.3, 0.4) is 0 Å². The molecule has 5 rings (SSSR count). The zero-order chi connectivity index (χ0) is 32.2. The first-order valence-electron chi connectivity index (χ1n) is 13.8. The van der Waals surface area contributed by atoms with E-state index in [0.29, 0.717) is 10.5 Å². The lowest BCUT2D eigenvalue weighted by Gasteiger charge is -2.27. The van der Waals surface area contributed by atoms with E-state index >= 15 is 0 Å². The van der Waals surface area contributed by atoms with Gasteiger partial charge >= 0.3 is 0 Å². The number of ketones is 2. The number of carbonyl (C=O) groups excluding carboxylic acids is 2. The minimum absolute atomic E-state index is 0.0859. The summed E-state index contributed by atoms with van der Waals surface area (Å²) in [5.41, 5.74) is 2.40. The van der Waals surface area contributed by atoms with Crippen molar-refractivity contribution in [1.82, 2.24) is 0 Å². The Morgan fingerprint density at radius 3 is 1.59 bits per heavy atom. The maximum Gasteiger partial charge on any atom is 0.190 e. The van der Waals surface area contributed by atoms with E-state index in [1.807, 2.05) is 19.9 Å². The van der Waals surface area contributed by atoms with Crippen LogP contribution in [0.2, 0.25) is 0 Å². The van der Waals surface area contributed by atoms with E-state index in [1.165, 1.54) is 75.5 Å². The van der Waals surface area contributed by atoms with E-state index in [2.05, 4.69) is 0 Å². The number of hydrogen-bond acceptors (Lipinski definition) is 8. The van der Waals surface area contributed by atoms with Crippen LogP contribution in [0.25, 0.3) is 0 Å². The first kappa shape index (κ1) is 32.2. The Kier molecular flexibility index (Phi) is 8.29. The Morgan fingerprint density at radius 1 is 0.568 bits per heavy atom. The number of hydrogen-bond donors (Lipinski definition) is 0. The van der Waals surface area contributed by atoms with Crippen molar-refractivity contribution in [2.45, 2.75) is 80.4 Å². The lowest BCUT2D eigenvalue weighted by atomic mass is 10.00. The van der Waals surface area contributed by atoms with Gasteiger partial charge in [0.2, 0.25) is 0 Å². The van der Waals surface area contributed by atoms with Crippen LogP contribution in [-0.2, 0) is 19.7 Å². The van der Waals surface area contributed by atoms with Gasteiger partial charge in [-0.05, 0) is 84.0 Å². The fourth-order valence-corrected chi connectivity index (χ4v) is 10.1. The molecule has 0 amide bonds. The van der Waals surface area contributed by atoms with Crippen LogP contribution in [0.5, 0.6) is 0 Å². The molecule has 1 aliphatic rings. The van der Waals surface area contributed by atoms with Gasteiger partial charge in [-0.1, -0.05) is 77.1 Å². The van der Waals surface area contributed by atoms with Crippen molar-refractivity contribution in [2.75, 3.05) is 0 Å². The molecule has 0 saturated heterocycles. The summed E-state index contributed by atoms with van der Waals surface area (Å²) in [5, 5.41) is 0. The van der Waals surface area contributed by atoms with Gasteiger partial charge in [-0.25, -0.2) is 16.8 Å². The van der Waals surface area contributed by atoms with Crippen LogP contribution >= 0.6 is 23.5 Å². The van der Waals surface area contributed by atoms with Crippen molar-refractivity contribution in [3.05, 3.63) is 107 Å². The summed E-state index contributed by atoms with van der Waals surface area (Å²) in [6.07, 6.45) is 0. The summed E-state index contributed by atoms with van der Waals surface area (Å²) in [6, 6.07) is 23.1. The van der Waals surface area contributed by atoms with Crippen molar-refractivity contribution in [3.8, 4) is 0 Å². The van der Waals surface area contributed by atoms with E-state index < -0.39 is 40.7 Å². The first-order valence-corrected chi connectivity index (χ1v) is 18.4. The van der Waals surface area contributed by atoms with Gasteiger partial charge in [-0.3, -0.25) is 9.59 Å². The van der Waals surface area contributed by atoms with E-state index in [9.17, 15) is 26.4 Å². The van der Waals surface area contributed by atoms with E-state index in [4.69, 9.17) is 0 Å². The minimum atomic E-state index is -4.01. The molecular formula is C34H32O6S4. The zero-order valence-electron chi connectivity index (χ0n) is 25.2. The summed E-state index contributed by atoms with van der Waals surface area (Å²) < 4.78 is 50.7. The summed E-state index contributed by atoms with van der Waals surface area (Å²) in [7, 11) is -7.99. The van der Waals surface area contributed by atoms with Crippen LogP contribution in [-0.4, -0.2) is 37.9 Å². The SMILES string of the molecule is Cc1ccc(S(=O)(=O)C(C)(C)C(=O)c2ccc3c(c2)Sc2cccc(C(=O)C(C)(C)S(=O)(=O)c4ccc(C)cc4)c2S3)cc1. The molecule has 0 spiro atoms. The van der Waals surface area contributed by atoms with E-state index in [1.54, 1.807) is 54.6 Å². The van der Waals surface area contributed by atoms with E-state index in [0.717, 1.165) is 25.8 Å². The molecule has 10 heteroatoms. The number of Topliss-reactive ketones (excluding diaryl/α,β-unsaturated/α-hetero) is 2. The Hall–Kier alpha value is -3.18. The molecule has 0 aromatic heterocycles. The van der Waals surface area contributed by atoms with Gasteiger partial charge in [0.1, 0.15) is 9.49 Å². The van der Waals surface area contributed by atoms with Crippen molar-refractivity contribution in [3.63, 3.8) is 0 Å². The van der Waals surface area contributed by atoms with Gasteiger partial charge in [0, 0.05) is 30.7 Å². The smallest absolute Gasteiger partial charge is 0.190 e. The summed E-state index contributed by atoms with van der Waals surface area (Å²) in [4.78, 5) is 30.7. The third-order valence-electron chi connectivity index (χ3n) is 7.96. The molecule has 0 aliphatic carbocycles. The predicted octanol–water partition coefficient (Wildman–Crippen LogP) is 7.79. The third kappa shape index (κ3) is 5.36. The lowest BCUT2D eigenvalue weighted by Crippen LogP contribution is -2.41. The quantitative estimate of drug-likeness (QED) is 0.155. The van der Waals surface area contributed by atoms with Crippen LogP contribution < -0.4 is 0 Å². The molecule has 0 atom stereocenters. The zero-order valence-corrected chi connectivity index (χ0v) is 28.4. The highest BCUT2D eigenvalue weighted by Crippen LogP contribution is 2.51. The van der Waals surface area contributed by atoms with Gasteiger partial charge in [0.25, 0.3) is 0 Å². The molecule has 0 unspecified atom stereocenters. The molecule has 0 fully saturated rings. The normalized spacial score (nSPS) is 13.6. The van der Waals surface area contributed by atoms with Crippen LogP contribution in [0.4, 0.5) is 0 Å². The monoisotopic (exact) mass is 664 g/mol. The van der Waals surface area contributed by atoms with Crippen LogP contribution in [0.1, 0.15) is 59.5 Å². The summed E-state index contributed by atoms with van der Waals surface area (Å²) >= 11 is 2.68. The average Bonchev–Trinajstić information content (AvgIpc) is 2.98. The van der Waals surface area contributed by atoms with Crippen LogP contribution in [0.15, 0.2) is 114 Å². The van der Waals surface area contributed by atoms with Gasteiger partial charge in [-0.15, -0.1) is 0 Å². The minimum Gasteiger partial charge on any atom is -0.292 e. The molecular weight excluding hydrogens is 633 g/mol. The first-order chi connectivity index (χ1) is 20.5. The number of aryl methyl sites for hydroxylation is 2. The third-order valence-corrected chi connectivity index (χ3v) is 15.4. The molecule has 0 saturated carbocycles. The molecule has 0 N–H and O–H groups in total. The molecule has 44 heavy (non-hydrogen) atoms. The summed E-state index contributed by atoms with van der Waals surface area (Å²) in [6.45, 7) is 9.44. The van der Waals surface area contributed by atoms with Gasteiger partial charge in [0.15, 0.2) is 31.2 Å². The largest absolute Gasteiger partial charge is 0.292 e. The second-order valence-corrected chi connectivity index (χ2v) is 18.9. The fraction of sp³-hybridized carbons (Fsp3) is 0.235. The number of sulfone groups is 2. The number of benzene rings is 4. The topological polar surface area (TPSA) is 102 Å². The van der Waals surface area contributed by atoms with Crippen molar-refractivity contribution >= 4 is 54.8 Å². The fourth-order valence-electron chi connectivity index (χ4n) is 4.86. The van der Waals surface area contributed by atoms with Crippen molar-refractivity contribution in [2.24, 2.45) is 0 Å². The Balaban J connectivity index is 1.45. The maximum atomic E-state index is 13.9. The average molecular weight is 665 g/mol. The van der Waals surface area contributed by atoms with Gasteiger partial charge in [-0.2, -0.15) is 0 Å². The Bertz CT molecular complexity index is 2020. The van der Waals surface area contributed by atoms with Gasteiger partial charge < -0.3 is 0 Å².